The van der Waals surface area contributed by atoms with Gasteiger partial charge in [-0.1, -0.05) is 26.3 Å². The minimum Gasteiger partial charge on any atom is -0.394 e. The Morgan fingerprint density at radius 3 is 2.44 bits per heavy atom. The van der Waals surface area contributed by atoms with Crippen molar-refractivity contribution in [1.29, 1.82) is 0 Å². The monoisotopic (exact) mass is 560 g/mol. The number of rotatable bonds is 10. The van der Waals surface area contributed by atoms with E-state index in [1.54, 1.807) is 32.9 Å². The van der Waals surface area contributed by atoms with E-state index >= 15 is 0 Å². The van der Waals surface area contributed by atoms with Crippen LogP contribution < -0.4 is 20.3 Å². The van der Waals surface area contributed by atoms with Crippen molar-refractivity contribution in [2.24, 2.45) is 11.8 Å². The molecule has 1 amide bonds. The molecular formula is C28H44N6O4S. The Morgan fingerprint density at radius 2 is 1.85 bits per heavy atom. The Morgan fingerprint density at radius 1 is 1.18 bits per heavy atom. The molecule has 0 aliphatic carbocycles. The number of anilines is 3. The molecule has 39 heavy (non-hydrogen) atoms. The second kappa shape index (κ2) is 12.2. The van der Waals surface area contributed by atoms with Crippen molar-refractivity contribution < 1.29 is 18.3 Å². The lowest BCUT2D eigenvalue weighted by Crippen LogP contribution is -2.40. The summed E-state index contributed by atoms with van der Waals surface area (Å²) in [5, 5.41) is 15.7. The topological polar surface area (TPSA) is 137 Å². The third-order valence-electron chi connectivity index (χ3n) is 6.96. The summed E-state index contributed by atoms with van der Waals surface area (Å²) < 4.78 is 28.2. The zero-order valence-corrected chi connectivity index (χ0v) is 25.0. The van der Waals surface area contributed by atoms with E-state index in [2.05, 4.69) is 39.1 Å². The van der Waals surface area contributed by atoms with Gasteiger partial charge in [-0.3, -0.25) is 4.79 Å². The highest BCUT2D eigenvalue weighted by atomic mass is 32.2. The highest BCUT2D eigenvalue weighted by Crippen LogP contribution is 2.31. The molecule has 2 aromatic rings. The number of benzene rings is 1. The van der Waals surface area contributed by atoms with Crippen LogP contribution in [0.5, 0.6) is 0 Å². The smallest absolute Gasteiger partial charge is 0.278 e. The molecule has 4 N–H and O–H groups in total. The van der Waals surface area contributed by atoms with Gasteiger partial charge >= 0.3 is 0 Å². The summed E-state index contributed by atoms with van der Waals surface area (Å²) in [6.07, 6.45) is 4.61. The van der Waals surface area contributed by atoms with Crippen LogP contribution in [0.4, 0.5) is 17.3 Å². The first kappa shape index (κ1) is 30.8. The lowest BCUT2D eigenvalue weighted by atomic mass is 9.84. The van der Waals surface area contributed by atoms with Crippen molar-refractivity contribution in [2.75, 3.05) is 35.2 Å². The van der Waals surface area contributed by atoms with E-state index in [0.717, 1.165) is 32.4 Å². The minimum absolute atomic E-state index is 0.0550. The van der Waals surface area contributed by atoms with Gasteiger partial charge in [-0.15, -0.1) is 0 Å². The maximum Gasteiger partial charge on any atom is 0.278 e. The summed E-state index contributed by atoms with van der Waals surface area (Å²) in [6, 6.07) is 6.14. The lowest BCUT2D eigenvalue weighted by molar-refractivity contribution is 0.102. The Balaban J connectivity index is 1.90. The van der Waals surface area contributed by atoms with Crippen molar-refractivity contribution in [3.05, 3.63) is 36.2 Å². The van der Waals surface area contributed by atoms with Gasteiger partial charge < -0.3 is 20.6 Å². The van der Waals surface area contributed by atoms with Crippen LogP contribution in [0.2, 0.25) is 0 Å². The average molecular weight is 561 g/mol. The zero-order valence-electron chi connectivity index (χ0n) is 24.2. The zero-order chi connectivity index (χ0) is 29.0. The van der Waals surface area contributed by atoms with Crippen molar-refractivity contribution in [3.8, 4) is 0 Å². The maximum absolute atomic E-state index is 13.5. The number of hydrogen-bond acceptors (Lipinski definition) is 8. The van der Waals surface area contributed by atoms with E-state index < -0.39 is 27.0 Å². The van der Waals surface area contributed by atoms with Gasteiger partial charge in [-0.25, -0.2) is 23.1 Å². The maximum atomic E-state index is 13.5. The molecule has 0 bridgehead atoms. The normalized spacial score (nSPS) is 16.2. The third kappa shape index (κ3) is 8.36. The van der Waals surface area contributed by atoms with Gasteiger partial charge in [0.15, 0.2) is 11.5 Å². The molecule has 1 saturated heterocycles. The van der Waals surface area contributed by atoms with Gasteiger partial charge in [-0.2, -0.15) is 0 Å². The van der Waals surface area contributed by atoms with Crippen LogP contribution in [0.15, 0.2) is 35.4 Å². The van der Waals surface area contributed by atoms with Crippen LogP contribution >= 0.6 is 0 Å². The fourth-order valence-electron chi connectivity index (χ4n) is 4.61. The van der Waals surface area contributed by atoms with Gasteiger partial charge in [-0.05, 0) is 77.5 Å². The van der Waals surface area contributed by atoms with Crippen LogP contribution in [0.25, 0.3) is 0 Å². The lowest BCUT2D eigenvalue weighted by Gasteiger charge is -2.36. The largest absolute Gasteiger partial charge is 0.394 e. The molecule has 1 aromatic carbocycles. The van der Waals surface area contributed by atoms with Crippen LogP contribution in [-0.4, -0.2) is 60.2 Å². The Hall–Kier alpha value is -2.76. The first-order valence-corrected chi connectivity index (χ1v) is 15.1. The summed E-state index contributed by atoms with van der Waals surface area (Å²) in [7, 11) is -3.77. The first-order valence-electron chi connectivity index (χ1n) is 13.6. The summed E-state index contributed by atoms with van der Waals surface area (Å²) >= 11 is 0. The van der Waals surface area contributed by atoms with E-state index in [0.29, 0.717) is 29.2 Å². The SMILES string of the molecule is CCC(C)C1CCN(c2nc(NC(C)(C)CO)cnc2C(=O)Nc2cccc(S(=O)(=O)NC(C)(C)C)c2)CC1. The molecule has 1 fully saturated rings. The summed E-state index contributed by atoms with van der Waals surface area (Å²) in [5.41, 5.74) is -0.772. The molecule has 0 saturated carbocycles. The number of piperidine rings is 1. The molecule has 2 heterocycles. The molecule has 1 atom stereocenters. The highest BCUT2D eigenvalue weighted by Gasteiger charge is 2.29. The highest BCUT2D eigenvalue weighted by molar-refractivity contribution is 7.89. The number of carbonyl (C=O) groups is 1. The number of carbonyl (C=O) groups excluding carboxylic acids is 1. The molecule has 1 aliphatic rings. The third-order valence-corrected chi connectivity index (χ3v) is 8.72. The Labute approximate surface area is 233 Å². The number of sulfonamides is 1. The summed E-state index contributed by atoms with van der Waals surface area (Å²) in [6.45, 7) is 14.9. The number of aromatic nitrogens is 2. The fraction of sp³-hybridized carbons (Fsp3) is 0.607. The molecule has 1 aliphatic heterocycles. The van der Waals surface area contributed by atoms with Crippen molar-refractivity contribution in [3.63, 3.8) is 0 Å². The van der Waals surface area contributed by atoms with Crippen molar-refractivity contribution in [1.82, 2.24) is 14.7 Å². The fourth-order valence-corrected chi connectivity index (χ4v) is 6.08. The second-order valence-corrected chi connectivity index (χ2v) is 13.8. The number of aliphatic hydroxyl groups excluding tert-OH is 1. The Kier molecular flexibility index (Phi) is 9.61. The van der Waals surface area contributed by atoms with E-state index in [-0.39, 0.29) is 17.2 Å². The van der Waals surface area contributed by atoms with Crippen LogP contribution in [0.3, 0.4) is 0 Å². The molecular weight excluding hydrogens is 516 g/mol. The quantitative estimate of drug-likeness (QED) is 0.339. The summed E-state index contributed by atoms with van der Waals surface area (Å²) in [5.74, 6) is 1.71. The molecule has 0 radical (unpaired) electrons. The molecule has 11 heteroatoms. The van der Waals surface area contributed by atoms with Crippen LogP contribution in [0.1, 0.15) is 78.2 Å². The van der Waals surface area contributed by atoms with Gasteiger partial charge in [0.1, 0.15) is 5.82 Å². The number of nitrogens with one attached hydrogen (secondary N) is 3. The molecule has 1 aromatic heterocycles. The van der Waals surface area contributed by atoms with E-state index in [1.807, 2.05) is 13.8 Å². The number of hydrogen-bond donors (Lipinski definition) is 4. The van der Waals surface area contributed by atoms with E-state index in [1.165, 1.54) is 18.3 Å². The van der Waals surface area contributed by atoms with Crippen LogP contribution in [0, 0.1) is 11.8 Å². The molecule has 216 valence electrons. The summed E-state index contributed by atoms with van der Waals surface area (Å²) in [4.78, 5) is 24.8. The van der Waals surface area contributed by atoms with Crippen LogP contribution in [-0.2, 0) is 10.0 Å². The Bertz CT molecular complexity index is 1250. The minimum atomic E-state index is -3.77. The van der Waals surface area contributed by atoms with Gasteiger partial charge in [0.2, 0.25) is 10.0 Å². The predicted octanol–water partition coefficient (Wildman–Crippen LogP) is 4.25. The van der Waals surface area contributed by atoms with E-state index in [4.69, 9.17) is 4.98 Å². The van der Waals surface area contributed by atoms with Gasteiger partial charge in [0.25, 0.3) is 5.91 Å². The van der Waals surface area contributed by atoms with Gasteiger partial charge in [0, 0.05) is 24.3 Å². The molecule has 1 unspecified atom stereocenters. The molecule has 0 spiro atoms. The van der Waals surface area contributed by atoms with Gasteiger partial charge in [0.05, 0.1) is 23.2 Å². The first-order chi connectivity index (χ1) is 18.1. The second-order valence-electron chi connectivity index (χ2n) is 12.1. The van der Waals surface area contributed by atoms with Crippen molar-refractivity contribution >= 4 is 33.3 Å². The number of amides is 1. The van der Waals surface area contributed by atoms with Crippen molar-refractivity contribution in [2.45, 2.75) is 83.7 Å². The number of aliphatic hydroxyl groups is 1. The molecule has 10 nitrogen and oxygen atoms in total. The average Bonchev–Trinajstić information content (AvgIpc) is 2.87. The standard InChI is InChI=1S/C28H44N6O4S/c1-8-19(2)20-12-14-34(15-13-20)25-24(29-17-23(31-25)32-28(6,7)18-35)26(36)30-21-10-9-11-22(16-21)39(37,38)33-27(3,4)5/h9-11,16-17,19-20,33,35H,8,12-15,18H2,1-7H3,(H,30,36)(H,31,32). The predicted molar refractivity (Wildman–Crippen MR) is 156 cm³/mol. The number of nitrogens with zero attached hydrogens (tertiary/aromatic N) is 3. The molecule has 3 rings (SSSR count). The van der Waals surface area contributed by atoms with E-state index in [9.17, 15) is 18.3 Å².